The Morgan fingerprint density at radius 2 is 2.00 bits per heavy atom. The van der Waals surface area contributed by atoms with E-state index in [1.54, 1.807) is 30.9 Å². The maximum absolute atomic E-state index is 5.84. The van der Waals surface area contributed by atoms with E-state index in [-0.39, 0.29) is 0 Å². The first kappa shape index (κ1) is 13.7. The molecule has 0 unspecified atom stereocenters. The monoisotopic (exact) mass is 278 g/mol. The molecule has 0 saturated carbocycles. The normalized spacial score (nSPS) is 10.7. The molecule has 5 nitrogen and oxygen atoms in total. The predicted molar refractivity (Wildman–Crippen MR) is 73.3 cm³/mol. The quantitative estimate of drug-likeness (QED) is 0.911. The summed E-state index contributed by atoms with van der Waals surface area (Å²) in [5.41, 5.74) is 0.821. The van der Waals surface area contributed by atoms with Crippen molar-refractivity contribution in [3.63, 3.8) is 0 Å². The van der Waals surface area contributed by atoms with Gasteiger partial charge in [0.25, 0.3) is 0 Å². The van der Waals surface area contributed by atoms with Crippen LogP contribution in [-0.2, 0) is 6.54 Å². The summed E-state index contributed by atoms with van der Waals surface area (Å²) in [5.74, 6) is 0.961. The summed E-state index contributed by atoms with van der Waals surface area (Å²) in [6.45, 7) is 4.80. The molecule has 0 bridgehead atoms. The molecular weight excluding hydrogens is 264 g/mol. The second-order valence-corrected chi connectivity index (χ2v) is 4.76. The highest BCUT2D eigenvalue weighted by Gasteiger charge is 2.03. The first-order valence-electron chi connectivity index (χ1n) is 5.96. The maximum atomic E-state index is 5.84. The molecule has 2 aromatic heterocycles. The van der Waals surface area contributed by atoms with Crippen LogP contribution in [0, 0.1) is 0 Å². The Hall–Kier alpha value is -1.72. The van der Waals surface area contributed by atoms with E-state index < -0.39 is 0 Å². The van der Waals surface area contributed by atoms with Gasteiger partial charge < -0.3 is 10.1 Å². The van der Waals surface area contributed by atoms with Crippen LogP contribution in [0.3, 0.4) is 0 Å². The van der Waals surface area contributed by atoms with E-state index in [9.17, 15) is 0 Å². The lowest BCUT2D eigenvalue weighted by Gasteiger charge is -2.08. The fourth-order valence-electron chi connectivity index (χ4n) is 1.40. The van der Waals surface area contributed by atoms with E-state index in [0.717, 1.165) is 5.69 Å². The third-order valence-corrected chi connectivity index (χ3v) is 2.46. The van der Waals surface area contributed by atoms with Gasteiger partial charge in [0, 0.05) is 31.0 Å². The van der Waals surface area contributed by atoms with Gasteiger partial charge in [0.1, 0.15) is 5.75 Å². The minimum atomic E-state index is 0.392. The summed E-state index contributed by atoms with van der Waals surface area (Å²) in [6, 6.07) is 2.07. The Morgan fingerprint density at radius 3 is 2.74 bits per heavy atom. The molecule has 6 heteroatoms. The highest BCUT2D eigenvalue weighted by atomic mass is 35.5. The number of nitrogens with zero attached hydrogens (tertiary/aromatic N) is 3. The van der Waals surface area contributed by atoms with E-state index in [4.69, 9.17) is 16.3 Å². The van der Waals surface area contributed by atoms with E-state index in [1.165, 1.54) is 0 Å². The van der Waals surface area contributed by atoms with Crippen LogP contribution in [0.1, 0.15) is 19.5 Å². The molecule has 0 fully saturated rings. The van der Waals surface area contributed by atoms with Crippen LogP contribution in [0.25, 0.3) is 0 Å². The Labute approximate surface area is 117 Å². The lowest BCUT2D eigenvalue weighted by molar-refractivity contribution is 0.453. The van der Waals surface area contributed by atoms with Crippen molar-refractivity contribution in [3.8, 4) is 11.6 Å². The number of ether oxygens (including phenoxy) is 1. The Kier molecular flexibility index (Phi) is 4.65. The van der Waals surface area contributed by atoms with Crippen LogP contribution in [0.15, 0.2) is 30.9 Å². The largest absolute Gasteiger partial charge is 0.436 e. The highest BCUT2D eigenvalue weighted by molar-refractivity contribution is 6.30. The molecule has 0 amide bonds. The molecule has 100 valence electrons. The van der Waals surface area contributed by atoms with Crippen molar-refractivity contribution in [2.45, 2.75) is 26.4 Å². The third kappa shape index (κ3) is 4.46. The number of pyridine rings is 1. The van der Waals surface area contributed by atoms with Gasteiger partial charge in [-0.25, -0.2) is 4.98 Å². The summed E-state index contributed by atoms with van der Waals surface area (Å²) in [5, 5.41) is 3.79. The number of hydrogen-bond acceptors (Lipinski definition) is 5. The molecule has 2 aromatic rings. The third-order valence-electron chi connectivity index (χ3n) is 2.26. The summed E-state index contributed by atoms with van der Waals surface area (Å²) in [7, 11) is 0. The molecule has 2 heterocycles. The van der Waals surface area contributed by atoms with Crippen molar-refractivity contribution in [2.24, 2.45) is 0 Å². The smallest absolute Gasteiger partial charge is 0.238 e. The summed E-state index contributed by atoms with van der Waals surface area (Å²) < 4.78 is 5.56. The SMILES string of the molecule is CC(C)NCc1cncc(Oc2cncc(Cl)c2)n1. The lowest BCUT2D eigenvalue weighted by Crippen LogP contribution is -2.22. The van der Waals surface area contributed by atoms with Gasteiger partial charge in [0.05, 0.1) is 23.1 Å². The summed E-state index contributed by atoms with van der Waals surface area (Å²) >= 11 is 5.84. The molecule has 1 N–H and O–H groups in total. The maximum Gasteiger partial charge on any atom is 0.238 e. The van der Waals surface area contributed by atoms with Crippen molar-refractivity contribution in [3.05, 3.63) is 41.6 Å². The van der Waals surface area contributed by atoms with E-state index in [0.29, 0.717) is 29.2 Å². The minimum Gasteiger partial charge on any atom is -0.436 e. The van der Waals surface area contributed by atoms with Crippen LogP contribution >= 0.6 is 11.6 Å². The molecule has 2 rings (SSSR count). The fourth-order valence-corrected chi connectivity index (χ4v) is 1.56. The number of hydrogen-bond donors (Lipinski definition) is 1. The van der Waals surface area contributed by atoms with Crippen LogP contribution in [0.5, 0.6) is 11.6 Å². The Balaban J connectivity index is 2.06. The van der Waals surface area contributed by atoms with Crippen molar-refractivity contribution < 1.29 is 4.74 Å². The lowest BCUT2D eigenvalue weighted by atomic mass is 10.3. The zero-order chi connectivity index (χ0) is 13.7. The van der Waals surface area contributed by atoms with Gasteiger partial charge in [-0.15, -0.1) is 0 Å². The van der Waals surface area contributed by atoms with Gasteiger partial charge in [0.2, 0.25) is 5.88 Å². The van der Waals surface area contributed by atoms with Crippen LogP contribution in [0.4, 0.5) is 0 Å². The molecule has 0 atom stereocenters. The molecule has 0 aliphatic carbocycles. The van der Waals surface area contributed by atoms with Crippen molar-refractivity contribution in [1.29, 1.82) is 0 Å². The van der Waals surface area contributed by atoms with E-state index in [1.807, 2.05) is 0 Å². The van der Waals surface area contributed by atoms with Gasteiger partial charge in [0.15, 0.2) is 0 Å². The van der Waals surface area contributed by atoms with Gasteiger partial charge in [-0.3, -0.25) is 9.97 Å². The average Bonchev–Trinajstić information content (AvgIpc) is 2.37. The predicted octanol–water partition coefficient (Wildman–Crippen LogP) is 2.82. The molecule has 0 saturated heterocycles. The Bertz CT molecular complexity index is 548. The van der Waals surface area contributed by atoms with Gasteiger partial charge in [-0.05, 0) is 0 Å². The number of rotatable bonds is 5. The number of aromatic nitrogens is 3. The van der Waals surface area contributed by atoms with E-state index in [2.05, 4.69) is 34.1 Å². The summed E-state index contributed by atoms with van der Waals surface area (Å²) in [4.78, 5) is 12.4. The van der Waals surface area contributed by atoms with Crippen molar-refractivity contribution in [1.82, 2.24) is 20.3 Å². The minimum absolute atomic E-state index is 0.392. The first-order chi connectivity index (χ1) is 9.13. The molecule has 0 aliphatic heterocycles. The number of halogens is 1. The van der Waals surface area contributed by atoms with Crippen molar-refractivity contribution >= 4 is 11.6 Å². The topological polar surface area (TPSA) is 59.9 Å². The second-order valence-electron chi connectivity index (χ2n) is 4.33. The number of nitrogens with one attached hydrogen (secondary N) is 1. The van der Waals surface area contributed by atoms with Gasteiger partial charge in [-0.1, -0.05) is 25.4 Å². The van der Waals surface area contributed by atoms with Gasteiger partial charge >= 0.3 is 0 Å². The zero-order valence-corrected chi connectivity index (χ0v) is 11.6. The molecule has 19 heavy (non-hydrogen) atoms. The molecular formula is C13H15ClN4O. The second kappa shape index (κ2) is 6.45. The zero-order valence-electron chi connectivity index (χ0n) is 10.8. The molecule has 0 aliphatic rings. The van der Waals surface area contributed by atoms with Crippen LogP contribution in [0.2, 0.25) is 5.02 Å². The molecule has 0 radical (unpaired) electrons. The van der Waals surface area contributed by atoms with E-state index >= 15 is 0 Å². The van der Waals surface area contributed by atoms with Gasteiger partial charge in [-0.2, -0.15) is 0 Å². The standard InChI is InChI=1S/C13H15ClN4O/c1-9(2)17-6-11-5-16-8-13(18-11)19-12-3-10(14)4-15-7-12/h3-5,7-9,17H,6H2,1-2H3. The van der Waals surface area contributed by atoms with Crippen molar-refractivity contribution in [2.75, 3.05) is 0 Å². The fraction of sp³-hybridized carbons (Fsp3) is 0.308. The highest BCUT2D eigenvalue weighted by Crippen LogP contribution is 2.20. The van der Waals surface area contributed by atoms with Crippen LogP contribution < -0.4 is 10.1 Å². The Morgan fingerprint density at radius 1 is 1.21 bits per heavy atom. The molecule has 0 aromatic carbocycles. The molecule has 0 spiro atoms. The first-order valence-corrected chi connectivity index (χ1v) is 6.34. The summed E-state index contributed by atoms with van der Waals surface area (Å²) in [6.07, 6.45) is 6.38. The van der Waals surface area contributed by atoms with Crippen LogP contribution in [-0.4, -0.2) is 21.0 Å². The average molecular weight is 279 g/mol.